The third-order valence-electron chi connectivity index (χ3n) is 5.63. The number of fused-ring (bicyclic) bond motifs is 2. The number of thioether (sulfide) groups is 1. The fourth-order valence-corrected chi connectivity index (χ4v) is 5.55. The van der Waals surface area contributed by atoms with Gasteiger partial charge in [-0.3, -0.25) is 4.79 Å². The topological polar surface area (TPSA) is 20.3 Å². The lowest BCUT2D eigenvalue weighted by Crippen LogP contribution is -2.42. The van der Waals surface area contributed by atoms with Crippen LogP contribution in [-0.4, -0.2) is 22.6 Å². The van der Waals surface area contributed by atoms with Gasteiger partial charge in [0.05, 0.1) is 5.25 Å². The second-order valence-electron chi connectivity index (χ2n) is 7.30. The zero-order valence-electron chi connectivity index (χ0n) is 15.0. The van der Waals surface area contributed by atoms with E-state index in [1.165, 1.54) is 27.1 Å². The standard InChI is InChI=1S/C24H21NOS/c26-24(23-14-18-10-5-7-13-22(18)27-23)25-15-19-11-4-6-12-20(19)21(16-25)17-8-2-1-3-9-17/h1-13,21,23H,14-16H2/t21-,23+/m1/s1. The molecule has 0 spiro atoms. The predicted molar refractivity (Wildman–Crippen MR) is 110 cm³/mol. The number of rotatable bonds is 2. The highest BCUT2D eigenvalue weighted by atomic mass is 32.2. The molecule has 0 radical (unpaired) electrons. The van der Waals surface area contributed by atoms with E-state index in [1.54, 1.807) is 11.8 Å². The molecule has 2 heterocycles. The molecule has 5 rings (SSSR count). The summed E-state index contributed by atoms with van der Waals surface area (Å²) in [5.41, 5.74) is 5.21. The molecule has 0 aliphatic carbocycles. The minimum Gasteiger partial charge on any atom is -0.336 e. The van der Waals surface area contributed by atoms with Gasteiger partial charge in [-0.1, -0.05) is 72.8 Å². The second kappa shape index (κ2) is 6.90. The van der Waals surface area contributed by atoms with Gasteiger partial charge >= 0.3 is 0 Å². The van der Waals surface area contributed by atoms with Gasteiger partial charge < -0.3 is 4.90 Å². The summed E-state index contributed by atoms with van der Waals surface area (Å²) in [5.74, 6) is 0.514. The highest BCUT2D eigenvalue weighted by Crippen LogP contribution is 2.40. The summed E-state index contributed by atoms with van der Waals surface area (Å²) in [4.78, 5) is 16.7. The van der Waals surface area contributed by atoms with Crippen LogP contribution in [0.1, 0.15) is 28.2 Å². The Bertz CT molecular complexity index is 959. The molecule has 0 saturated carbocycles. The van der Waals surface area contributed by atoms with E-state index < -0.39 is 0 Å². The summed E-state index contributed by atoms with van der Waals surface area (Å²) in [6.07, 6.45) is 0.841. The van der Waals surface area contributed by atoms with Crippen LogP contribution in [0.2, 0.25) is 0 Å². The molecule has 0 unspecified atom stereocenters. The van der Waals surface area contributed by atoms with Crippen molar-refractivity contribution in [3.05, 3.63) is 101 Å². The molecule has 2 aliphatic rings. The van der Waals surface area contributed by atoms with Gasteiger partial charge in [-0.2, -0.15) is 0 Å². The van der Waals surface area contributed by atoms with Crippen molar-refractivity contribution < 1.29 is 4.79 Å². The molecule has 0 saturated heterocycles. The van der Waals surface area contributed by atoms with Crippen molar-refractivity contribution in [1.82, 2.24) is 4.90 Å². The predicted octanol–water partition coefficient (Wildman–Crippen LogP) is 4.88. The first-order chi connectivity index (χ1) is 13.3. The molecule has 27 heavy (non-hydrogen) atoms. The average Bonchev–Trinajstić information content (AvgIpc) is 3.17. The Labute approximate surface area is 164 Å². The minimum atomic E-state index is 0.00378. The zero-order chi connectivity index (χ0) is 18.2. The van der Waals surface area contributed by atoms with Gasteiger partial charge in [-0.15, -0.1) is 11.8 Å². The van der Waals surface area contributed by atoms with E-state index in [9.17, 15) is 4.79 Å². The highest BCUT2D eigenvalue weighted by Gasteiger charge is 2.35. The van der Waals surface area contributed by atoms with Crippen LogP contribution >= 0.6 is 11.8 Å². The van der Waals surface area contributed by atoms with Gasteiger partial charge in [0.15, 0.2) is 0 Å². The lowest BCUT2D eigenvalue weighted by Gasteiger charge is -2.36. The molecule has 1 amide bonds. The SMILES string of the molecule is O=C([C@@H]1Cc2ccccc2S1)N1Cc2ccccc2[C@@H](c2ccccc2)C1. The van der Waals surface area contributed by atoms with E-state index in [0.717, 1.165) is 13.0 Å². The first kappa shape index (κ1) is 16.6. The van der Waals surface area contributed by atoms with Crippen molar-refractivity contribution in [2.24, 2.45) is 0 Å². The number of carbonyl (C=O) groups is 1. The zero-order valence-corrected chi connectivity index (χ0v) is 15.9. The molecule has 2 aliphatic heterocycles. The van der Waals surface area contributed by atoms with Gasteiger partial charge in [0.1, 0.15) is 0 Å². The maximum absolute atomic E-state index is 13.4. The summed E-state index contributed by atoms with van der Waals surface area (Å²) >= 11 is 1.73. The van der Waals surface area contributed by atoms with Gasteiger partial charge in [0.25, 0.3) is 0 Å². The summed E-state index contributed by atoms with van der Waals surface area (Å²) < 4.78 is 0. The van der Waals surface area contributed by atoms with Crippen LogP contribution in [-0.2, 0) is 17.8 Å². The molecular formula is C24H21NOS. The lowest BCUT2D eigenvalue weighted by atomic mass is 9.84. The lowest BCUT2D eigenvalue weighted by molar-refractivity contribution is -0.131. The monoisotopic (exact) mass is 371 g/mol. The molecule has 3 aromatic rings. The summed E-state index contributed by atoms with van der Waals surface area (Å²) in [7, 11) is 0. The maximum atomic E-state index is 13.4. The number of hydrogen-bond donors (Lipinski definition) is 0. The fourth-order valence-electron chi connectivity index (χ4n) is 4.27. The van der Waals surface area contributed by atoms with E-state index >= 15 is 0 Å². The van der Waals surface area contributed by atoms with Crippen LogP contribution in [0.3, 0.4) is 0 Å². The Morgan fingerprint density at radius 1 is 0.852 bits per heavy atom. The van der Waals surface area contributed by atoms with Gasteiger partial charge in [0, 0.05) is 23.9 Å². The van der Waals surface area contributed by atoms with Crippen LogP contribution < -0.4 is 0 Å². The van der Waals surface area contributed by atoms with Crippen molar-refractivity contribution in [2.75, 3.05) is 6.54 Å². The molecule has 2 nitrogen and oxygen atoms in total. The van der Waals surface area contributed by atoms with Crippen molar-refractivity contribution >= 4 is 17.7 Å². The third-order valence-corrected chi connectivity index (χ3v) is 6.94. The van der Waals surface area contributed by atoms with Crippen LogP contribution in [0.4, 0.5) is 0 Å². The molecule has 134 valence electrons. The first-order valence-corrected chi connectivity index (χ1v) is 10.3. The molecular weight excluding hydrogens is 350 g/mol. The third kappa shape index (κ3) is 3.06. The number of amides is 1. The van der Waals surface area contributed by atoms with E-state index in [4.69, 9.17) is 0 Å². The van der Waals surface area contributed by atoms with Gasteiger partial charge in [-0.25, -0.2) is 0 Å². The van der Waals surface area contributed by atoms with Crippen LogP contribution in [0.5, 0.6) is 0 Å². The number of benzene rings is 3. The Kier molecular flexibility index (Phi) is 4.25. The van der Waals surface area contributed by atoms with E-state index in [-0.39, 0.29) is 17.1 Å². The summed E-state index contributed by atoms with van der Waals surface area (Å²) in [6, 6.07) is 27.5. The number of hydrogen-bond acceptors (Lipinski definition) is 2. The molecule has 0 fully saturated rings. The largest absolute Gasteiger partial charge is 0.336 e. The van der Waals surface area contributed by atoms with E-state index in [1.807, 2.05) is 6.07 Å². The van der Waals surface area contributed by atoms with E-state index in [0.29, 0.717) is 6.54 Å². The fraction of sp³-hybridized carbons (Fsp3) is 0.208. The van der Waals surface area contributed by atoms with Gasteiger partial charge in [-0.05, 0) is 34.7 Å². The minimum absolute atomic E-state index is 0.00378. The Hall–Kier alpha value is -2.52. The highest BCUT2D eigenvalue weighted by molar-refractivity contribution is 8.01. The normalized spacial score (nSPS) is 20.8. The molecule has 0 N–H and O–H groups in total. The molecule has 2 atom stereocenters. The van der Waals surface area contributed by atoms with Crippen LogP contribution in [0, 0.1) is 0 Å². The Balaban J connectivity index is 1.44. The first-order valence-electron chi connectivity index (χ1n) is 9.46. The Morgan fingerprint density at radius 3 is 2.37 bits per heavy atom. The van der Waals surface area contributed by atoms with Crippen molar-refractivity contribution in [3.63, 3.8) is 0 Å². The molecule has 0 bridgehead atoms. The van der Waals surface area contributed by atoms with Crippen molar-refractivity contribution in [3.8, 4) is 0 Å². The van der Waals surface area contributed by atoms with Crippen molar-refractivity contribution in [2.45, 2.75) is 29.0 Å². The second-order valence-corrected chi connectivity index (χ2v) is 8.54. The quantitative estimate of drug-likeness (QED) is 0.640. The average molecular weight is 372 g/mol. The van der Waals surface area contributed by atoms with Crippen LogP contribution in [0.25, 0.3) is 0 Å². The maximum Gasteiger partial charge on any atom is 0.236 e. The smallest absolute Gasteiger partial charge is 0.236 e. The van der Waals surface area contributed by atoms with Crippen molar-refractivity contribution in [1.29, 1.82) is 0 Å². The summed E-state index contributed by atoms with van der Waals surface area (Å²) in [5, 5.41) is 0.00378. The molecule has 3 heteroatoms. The number of carbonyl (C=O) groups excluding carboxylic acids is 1. The van der Waals surface area contributed by atoms with E-state index in [2.05, 4.69) is 77.7 Å². The number of nitrogens with zero attached hydrogens (tertiary/aromatic N) is 1. The Morgan fingerprint density at radius 2 is 1.56 bits per heavy atom. The molecule has 0 aromatic heterocycles. The van der Waals surface area contributed by atoms with Crippen LogP contribution in [0.15, 0.2) is 83.8 Å². The molecule has 3 aromatic carbocycles. The van der Waals surface area contributed by atoms with Gasteiger partial charge in [0.2, 0.25) is 5.91 Å². The summed E-state index contributed by atoms with van der Waals surface area (Å²) in [6.45, 7) is 1.47.